The number of thiocarbonyl (C=S) groups is 1. The van der Waals surface area contributed by atoms with E-state index in [9.17, 15) is 13.6 Å². The molecule has 0 aliphatic carbocycles. The molecule has 0 radical (unpaired) electrons. The van der Waals surface area contributed by atoms with E-state index < -0.39 is 17.6 Å². The van der Waals surface area contributed by atoms with Gasteiger partial charge >= 0.3 is 5.97 Å². The van der Waals surface area contributed by atoms with Crippen LogP contribution in [-0.4, -0.2) is 37.8 Å². The molecule has 0 heterocycles. The fraction of sp³-hybridized carbons (Fsp3) is 0.467. The van der Waals surface area contributed by atoms with Crippen molar-refractivity contribution in [3.05, 3.63) is 29.8 Å². The lowest BCUT2D eigenvalue weighted by molar-refractivity contribution is -0.141. The monoisotopic (exact) mass is 331 g/mol. The van der Waals surface area contributed by atoms with Gasteiger partial charge < -0.3 is 14.4 Å². The minimum Gasteiger partial charge on any atom is -0.466 e. The van der Waals surface area contributed by atoms with E-state index in [4.69, 9.17) is 21.7 Å². The fourth-order valence-electron chi connectivity index (χ4n) is 1.85. The second-order valence-corrected chi connectivity index (χ2v) is 4.94. The van der Waals surface area contributed by atoms with Crippen molar-refractivity contribution in [1.29, 1.82) is 0 Å². The molecule has 0 fully saturated rings. The van der Waals surface area contributed by atoms with Crippen molar-refractivity contribution in [1.82, 2.24) is 0 Å². The maximum atomic E-state index is 13.4. The standard InChI is InChI=1S/C15H19F2NO3S/c1-3-21-15(19)10-14(22)18(7-4-8-20-2)11-5-6-12(16)13(17)9-11/h5-6,9H,3-4,7-8,10H2,1-2H3. The van der Waals surface area contributed by atoms with E-state index >= 15 is 0 Å². The molecule has 1 rings (SSSR count). The molecule has 0 unspecified atom stereocenters. The van der Waals surface area contributed by atoms with Crippen molar-refractivity contribution >= 4 is 28.9 Å². The van der Waals surface area contributed by atoms with Crippen molar-refractivity contribution in [3.63, 3.8) is 0 Å². The summed E-state index contributed by atoms with van der Waals surface area (Å²) in [6, 6.07) is 3.50. The highest BCUT2D eigenvalue weighted by Crippen LogP contribution is 2.20. The molecule has 0 saturated heterocycles. The molecule has 1 aromatic rings. The Hall–Kier alpha value is -1.60. The number of carbonyl (C=O) groups excluding carboxylic acids is 1. The van der Waals surface area contributed by atoms with Gasteiger partial charge in [0, 0.05) is 32.0 Å². The first-order valence-corrected chi connectivity index (χ1v) is 7.30. The fourth-order valence-corrected chi connectivity index (χ4v) is 2.16. The smallest absolute Gasteiger partial charge is 0.312 e. The molecule has 0 aliphatic rings. The predicted octanol–water partition coefficient (Wildman–Crippen LogP) is 3.09. The number of benzene rings is 1. The van der Waals surface area contributed by atoms with E-state index in [2.05, 4.69) is 0 Å². The zero-order valence-corrected chi connectivity index (χ0v) is 13.4. The first-order chi connectivity index (χ1) is 10.5. The van der Waals surface area contributed by atoms with Crippen LogP contribution in [0.3, 0.4) is 0 Å². The second-order valence-electron chi connectivity index (χ2n) is 4.47. The Kier molecular flexibility index (Phi) is 7.90. The summed E-state index contributed by atoms with van der Waals surface area (Å²) in [7, 11) is 1.57. The number of halogens is 2. The van der Waals surface area contributed by atoms with Crippen LogP contribution in [0.1, 0.15) is 19.8 Å². The van der Waals surface area contributed by atoms with Gasteiger partial charge in [0.05, 0.1) is 18.0 Å². The Morgan fingerprint density at radius 2 is 2.05 bits per heavy atom. The summed E-state index contributed by atoms with van der Waals surface area (Å²) < 4.78 is 36.3. The van der Waals surface area contributed by atoms with E-state index in [1.54, 1.807) is 18.9 Å². The lowest BCUT2D eigenvalue weighted by Crippen LogP contribution is -2.33. The van der Waals surface area contributed by atoms with E-state index in [-0.39, 0.29) is 13.0 Å². The maximum absolute atomic E-state index is 13.4. The van der Waals surface area contributed by atoms with Crippen LogP contribution in [0.25, 0.3) is 0 Å². The minimum atomic E-state index is -0.965. The highest BCUT2D eigenvalue weighted by atomic mass is 32.1. The van der Waals surface area contributed by atoms with Crippen molar-refractivity contribution in [2.75, 3.05) is 31.8 Å². The number of hydrogen-bond donors (Lipinski definition) is 0. The third-order valence-electron chi connectivity index (χ3n) is 2.85. The molecule has 0 bridgehead atoms. The van der Waals surface area contributed by atoms with Gasteiger partial charge in [-0.2, -0.15) is 0 Å². The molecule has 0 amide bonds. The molecule has 22 heavy (non-hydrogen) atoms. The lowest BCUT2D eigenvalue weighted by atomic mass is 10.2. The van der Waals surface area contributed by atoms with Crippen LogP contribution in [0.2, 0.25) is 0 Å². The Morgan fingerprint density at radius 1 is 1.32 bits per heavy atom. The van der Waals surface area contributed by atoms with Gasteiger partial charge in [0.15, 0.2) is 11.6 Å². The van der Waals surface area contributed by atoms with Crippen LogP contribution in [0.15, 0.2) is 18.2 Å². The molecule has 0 aromatic heterocycles. The Bertz CT molecular complexity index is 526. The maximum Gasteiger partial charge on any atom is 0.312 e. The molecular formula is C15H19F2NO3S. The van der Waals surface area contributed by atoms with Gasteiger partial charge in [0.1, 0.15) is 0 Å². The van der Waals surface area contributed by atoms with Crippen molar-refractivity contribution in [2.45, 2.75) is 19.8 Å². The summed E-state index contributed by atoms with van der Waals surface area (Å²) >= 11 is 5.24. The molecule has 0 spiro atoms. The second kappa shape index (κ2) is 9.42. The van der Waals surface area contributed by atoms with Gasteiger partial charge in [0.2, 0.25) is 0 Å². The van der Waals surface area contributed by atoms with Gasteiger partial charge in [-0.1, -0.05) is 12.2 Å². The summed E-state index contributed by atoms with van der Waals surface area (Å²) in [6.45, 7) is 2.88. The van der Waals surface area contributed by atoms with E-state index in [1.807, 2.05) is 0 Å². The van der Waals surface area contributed by atoms with Crippen LogP contribution >= 0.6 is 12.2 Å². The first kappa shape index (κ1) is 18.4. The highest BCUT2D eigenvalue weighted by Gasteiger charge is 2.17. The third-order valence-corrected chi connectivity index (χ3v) is 3.21. The first-order valence-electron chi connectivity index (χ1n) is 6.89. The summed E-state index contributed by atoms with van der Waals surface area (Å²) in [5.74, 6) is -2.35. The predicted molar refractivity (Wildman–Crippen MR) is 84.0 cm³/mol. The normalized spacial score (nSPS) is 10.4. The van der Waals surface area contributed by atoms with Gasteiger partial charge in [-0.15, -0.1) is 0 Å². The molecule has 1 aromatic carbocycles. The number of methoxy groups -OCH3 is 1. The molecule has 7 heteroatoms. The van der Waals surface area contributed by atoms with Gasteiger partial charge in [-0.3, -0.25) is 4.79 Å². The van der Waals surface area contributed by atoms with E-state index in [1.165, 1.54) is 6.07 Å². The summed E-state index contributed by atoms with van der Waals surface area (Å²) in [5, 5.41) is 0. The number of carbonyl (C=O) groups is 1. The molecule has 0 aliphatic heterocycles. The quantitative estimate of drug-likeness (QED) is 0.416. The highest BCUT2D eigenvalue weighted by molar-refractivity contribution is 7.80. The average molecular weight is 331 g/mol. The topological polar surface area (TPSA) is 38.8 Å². The molecule has 4 nitrogen and oxygen atoms in total. The Morgan fingerprint density at radius 3 is 2.64 bits per heavy atom. The Labute approximate surface area is 134 Å². The number of hydrogen-bond acceptors (Lipinski definition) is 4. The molecular weight excluding hydrogens is 312 g/mol. The molecule has 122 valence electrons. The van der Waals surface area contributed by atoms with Crippen LogP contribution in [0.4, 0.5) is 14.5 Å². The van der Waals surface area contributed by atoms with Crippen LogP contribution < -0.4 is 4.90 Å². The Balaban J connectivity index is 2.88. The number of ether oxygens (including phenoxy) is 2. The van der Waals surface area contributed by atoms with Crippen molar-refractivity contribution in [3.8, 4) is 0 Å². The minimum absolute atomic E-state index is 0.0881. The number of rotatable bonds is 8. The van der Waals surface area contributed by atoms with Crippen LogP contribution in [0.5, 0.6) is 0 Å². The zero-order valence-electron chi connectivity index (χ0n) is 12.6. The molecule has 0 atom stereocenters. The summed E-state index contributed by atoms with van der Waals surface area (Å²) in [6.07, 6.45) is 0.535. The van der Waals surface area contributed by atoms with Crippen LogP contribution in [-0.2, 0) is 14.3 Å². The zero-order chi connectivity index (χ0) is 16.5. The molecule has 0 N–H and O–H groups in total. The third kappa shape index (κ3) is 5.65. The number of esters is 1. The van der Waals surface area contributed by atoms with E-state index in [0.29, 0.717) is 30.2 Å². The van der Waals surface area contributed by atoms with E-state index in [0.717, 1.165) is 12.1 Å². The lowest BCUT2D eigenvalue weighted by Gasteiger charge is -2.25. The number of nitrogens with zero attached hydrogens (tertiary/aromatic N) is 1. The summed E-state index contributed by atoms with van der Waals surface area (Å²) in [5.41, 5.74) is 0.393. The van der Waals surface area contributed by atoms with Gasteiger partial charge in [-0.05, 0) is 25.5 Å². The van der Waals surface area contributed by atoms with Gasteiger partial charge in [0.25, 0.3) is 0 Å². The van der Waals surface area contributed by atoms with Gasteiger partial charge in [-0.25, -0.2) is 8.78 Å². The van der Waals surface area contributed by atoms with Crippen LogP contribution in [0, 0.1) is 11.6 Å². The largest absolute Gasteiger partial charge is 0.466 e. The molecule has 0 saturated carbocycles. The SMILES string of the molecule is CCOC(=O)CC(=S)N(CCCOC)c1ccc(F)c(F)c1. The van der Waals surface area contributed by atoms with Crippen molar-refractivity contribution in [2.24, 2.45) is 0 Å². The number of anilines is 1. The average Bonchev–Trinajstić information content (AvgIpc) is 2.47. The summed E-state index contributed by atoms with van der Waals surface area (Å²) in [4.78, 5) is 13.4. The van der Waals surface area contributed by atoms with Crippen molar-refractivity contribution < 1.29 is 23.0 Å².